The van der Waals surface area contributed by atoms with E-state index >= 15 is 0 Å². The van der Waals surface area contributed by atoms with Crippen molar-refractivity contribution in [2.75, 3.05) is 5.32 Å². The van der Waals surface area contributed by atoms with E-state index in [0.717, 1.165) is 0 Å². The second-order valence-electron chi connectivity index (χ2n) is 4.12. The smallest absolute Gasteiger partial charge is 0.335 e. The molecule has 0 heterocycles. The first kappa shape index (κ1) is 15.3. The first-order valence-electron chi connectivity index (χ1n) is 5.71. The largest absolute Gasteiger partial charge is 0.506 e. The number of phenols is 1. The Morgan fingerprint density at radius 2 is 1.86 bits per heavy atom. The van der Waals surface area contributed by atoms with Gasteiger partial charge in [0.1, 0.15) is 5.75 Å². The highest BCUT2D eigenvalue weighted by Crippen LogP contribution is 2.27. The zero-order valence-electron chi connectivity index (χ0n) is 10.4. The summed E-state index contributed by atoms with van der Waals surface area (Å²) in [5.74, 6) is -1.88. The summed E-state index contributed by atoms with van der Waals surface area (Å²) in [7, 11) is 0. The zero-order chi connectivity index (χ0) is 15.6. The topological polar surface area (TPSA) is 86.6 Å². The van der Waals surface area contributed by atoms with E-state index in [4.69, 9.17) is 16.7 Å². The maximum Gasteiger partial charge on any atom is 0.335 e. The van der Waals surface area contributed by atoms with Crippen LogP contribution in [-0.4, -0.2) is 22.1 Å². The highest BCUT2D eigenvalue weighted by Gasteiger charge is 2.14. The minimum Gasteiger partial charge on any atom is -0.506 e. The second-order valence-corrected chi connectivity index (χ2v) is 5.41. The van der Waals surface area contributed by atoms with Crippen LogP contribution in [0.25, 0.3) is 0 Å². The standard InChI is InChI=1S/C14H9BrClNO4/c15-10-6-8(16)2-3-9(10)13(19)17-11-5-7(14(20)21)1-4-12(11)18/h1-6,18H,(H,17,19)(H,20,21). The molecule has 108 valence electrons. The first-order chi connectivity index (χ1) is 9.88. The van der Waals surface area contributed by atoms with Crippen molar-refractivity contribution in [3.8, 4) is 5.75 Å². The number of carbonyl (C=O) groups excluding carboxylic acids is 1. The molecule has 0 atom stereocenters. The lowest BCUT2D eigenvalue weighted by Crippen LogP contribution is -2.13. The lowest BCUT2D eigenvalue weighted by molar-refractivity contribution is 0.0696. The van der Waals surface area contributed by atoms with Crippen LogP contribution in [0.4, 0.5) is 5.69 Å². The number of amides is 1. The van der Waals surface area contributed by atoms with Crippen molar-refractivity contribution in [3.05, 3.63) is 57.0 Å². The number of aromatic carboxylic acids is 1. The number of halogens is 2. The number of carboxylic acids is 1. The van der Waals surface area contributed by atoms with Gasteiger partial charge in [-0.1, -0.05) is 11.6 Å². The Labute approximate surface area is 133 Å². The molecule has 2 aromatic carbocycles. The van der Waals surface area contributed by atoms with Gasteiger partial charge in [-0.05, 0) is 52.3 Å². The average Bonchev–Trinajstić information content (AvgIpc) is 2.40. The average molecular weight is 371 g/mol. The molecule has 0 saturated carbocycles. The number of nitrogens with one attached hydrogen (secondary N) is 1. The molecule has 0 aliphatic rings. The second kappa shape index (κ2) is 6.15. The normalized spacial score (nSPS) is 10.2. The van der Waals surface area contributed by atoms with E-state index < -0.39 is 11.9 Å². The number of anilines is 1. The molecular weight excluding hydrogens is 362 g/mol. The van der Waals surface area contributed by atoms with Crippen LogP contribution >= 0.6 is 27.5 Å². The third-order valence-electron chi connectivity index (χ3n) is 2.67. The summed E-state index contributed by atoms with van der Waals surface area (Å²) in [4.78, 5) is 23.0. The molecule has 3 N–H and O–H groups in total. The van der Waals surface area contributed by atoms with E-state index in [9.17, 15) is 14.7 Å². The molecule has 0 bridgehead atoms. The lowest BCUT2D eigenvalue weighted by atomic mass is 10.1. The molecule has 0 unspecified atom stereocenters. The van der Waals surface area contributed by atoms with Gasteiger partial charge >= 0.3 is 5.97 Å². The predicted octanol–water partition coefficient (Wildman–Crippen LogP) is 3.76. The van der Waals surface area contributed by atoms with Gasteiger partial charge in [0, 0.05) is 9.50 Å². The van der Waals surface area contributed by atoms with Crippen molar-refractivity contribution in [1.29, 1.82) is 0 Å². The van der Waals surface area contributed by atoms with Crippen LogP contribution in [0.1, 0.15) is 20.7 Å². The molecule has 21 heavy (non-hydrogen) atoms. The molecule has 5 nitrogen and oxygen atoms in total. The Balaban J connectivity index is 2.31. The van der Waals surface area contributed by atoms with Gasteiger partial charge in [0.05, 0.1) is 16.8 Å². The first-order valence-corrected chi connectivity index (χ1v) is 6.88. The summed E-state index contributed by atoms with van der Waals surface area (Å²) in [6.45, 7) is 0. The van der Waals surface area contributed by atoms with Crippen molar-refractivity contribution in [2.24, 2.45) is 0 Å². The van der Waals surface area contributed by atoms with E-state index in [2.05, 4.69) is 21.2 Å². The Morgan fingerprint density at radius 3 is 2.48 bits per heavy atom. The third kappa shape index (κ3) is 3.53. The number of carboxylic acid groups (broad SMARTS) is 1. The summed E-state index contributed by atoms with van der Waals surface area (Å²) in [5.41, 5.74) is 0.277. The summed E-state index contributed by atoms with van der Waals surface area (Å²) < 4.78 is 0.487. The summed E-state index contributed by atoms with van der Waals surface area (Å²) >= 11 is 9.01. The molecule has 2 aromatic rings. The van der Waals surface area contributed by atoms with E-state index in [0.29, 0.717) is 15.1 Å². The van der Waals surface area contributed by atoms with Crippen LogP contribution in [-0.2, 0) is 0 Å². The van der Waals surface area contributed by atoms with Gasteiger partial charge in [-0.3, -0.25) is 4.79 Å². The molecule has 0 saturated heterocycles. The Hall–Kier alpha value is -2.05. The number of hydrogen-bond donors (Lipinski definition) is 3. The van der Waals surface area contributed by atoms with Gasteiger partial charge in [0.2, 0.25) is 0 Å². The number of benzene rings is 2. The van der Waals surface area contributed by atoms with Crippen LogP contribution < -0.4 is 5.32 Å². The number of hydrogen-bond acceptors (Lipinski definition) is 3. The summed E-state index contributed by atoms with van der Waals surface area (Å²) in [6.07, 6.45) is 0. The third-order valence-corrected chi connectivity index (χ3v) is 3.56. The lowest BCUT2D eigenvalue weighted by Gasteiger charge is -2.09. The highest BCUT2D eigenvalue weighted by atomic mass is 79.9. The van der Waals surface area contributed by atoms with Crippen molar-refractivity contribution in [1.82, 2.24) is 0 Å². The van der Waals surface area contributed by atoms with Crippen molar-refractivity contribution < 1.29 is 19.8 Å². The van der Waals surface area contributed by atoms with Gasteiger partial charge in [0.15, 0.2) is 0 Å². The van der Waals surface area contributed by atoms with Crippen LogP contribution in [0.15, 0.2) is 40.9 Å². The zero-order valence-corrected chi connectivity index (χ0v) is 12.8. The maximum absolute atomic E-state index is 12.1. The molecule has 1 amide bonds. The number of carbonyl (C=O) groups is 2. The number of phenolic OH excluding ortho intramolecular Hbond substituents is 1. The van der Waals surface area contributed by atoms with Crippen molar-refractivity contribution >= 4 is 45.1 Å². The minimum atomic E-state index is -1.15. The summed E-state index contributed by atoms with van der Waals surface area (Å²) in [5, 5.41) is 21.5. The fraction of sp³-hybridized carbons (Fsp3) is 0. The van der Waals surface area contributed by atoms with Crippen LogP contribution in [0.2, 0.25) is 5.02 Å². The monoisotopic (exact) mass is 369 g/mol. The Kier molecular flexibility index (Phi) is 4.50. The molecule has 0 radical (unpaired) electrons. The Bertz CT molecular complexity index is 733. The van der Waals surface area contributed by atoms with Gasteiger partial charge in [-0.15, -0.1) is 0 Å². The molecule has 0 fully saturated rings. The van der Waals surface area contributed by atoms with Gasteiger partial charge < -0.3 is 15.5 Å². The Morgan fingerprint density at radius 1 is 1.14 bits per heavy atom. The van der Waals surface area contributed by atoms with Crippen molar-refractivity contribution in [2.45, 2.75) is 0 Å². The summed E-state index contributed by atoms with van der Waals surface area (Å²) in [6, 6.07) is 8.25. The molecule has 7 heteroatoms. The molecular formula is C14H9BrClNO4. The molecule has 0 aromatic heterocycles. The highest BCUT2D eigenvalue weighted by molar-refractivity contribution is 9.10. The fourth-order valence-electron chi connectivity index (χ4n) is 1.63. The predicted molar refractivity (Wildman–Crippen MR) is 82.2 cm³/mol. The maximum atomic E-state index is 12.1. The molecule has 0 aliphatic heterocycles. The number of aromatic hydroxyl groups is 1. The van der Waals surface area contributed by atoms with E-state index in [1.165, 1.54) is 24.3 Å². The van der Waals surface area contributed by atoms with Gasteiger partial charge in [-0.2, -0.15) is 0 Å². The van der Waals surface area contributed by atoms with E-state index in [1.807, 2.05) is 0 Å². The fourth-order valence-corrected chi connectivity index (χ4v) is 2.50. The quantitative estimate of drug-likeness (QED) is 0.718. The van der Waals surface area contributed by atoms with E-state index in [-0.39, 0.29) is 17.0 Å². The van der Waals surface area contributed by atoms with Crippen molar-refractivity contribution in [3.63, 3.8) is 0 Å². The van der Waals surface area contributed by atoms with Gasteiger partial charge in [-0.25, -0.2) is 4.79 Å². The SMILES string of the molecule is O=C(O)c1ccc(O)c(NC(=O)c2ccc(Cl)cc2Br)c1. The molecule has 2 rings (SSSR count). The van der Waals surface area contributed by atoms with E-state index in [1.54, 1.807) is 12.1 Å². The van der Waals surface area contributed by atoms with Crippen LogP contribution in [0, 0.1) is 0 Å². The van der Waals surface area contributed by atoms with Crippen LogP contribution in [0.3, 0.4) is 0 Å². The number of rotatable bonds is 3. The minimum absolute atomic E-state index is 0.0155. The molecule has 0 spiro atoms. The molecule has 0 aliphatic carbocycles. The van der Waals surface area contributed by atoms with Crippen LogP contribution in [0.5, 0.6) is 5.75 Å². The van der Waals surface area contributed by atoms with Gasteiger partial charge in [0.25, 0.3) is 5.91 Å².